The second-order valence-electron chi connectivity index (χ2n) is 4.65. The molecule has 0 radical (unpaired) electrons. The van der Waals surface area contributed by atoms with Crippen LogP contribution in [0.2, 0.25) is 0 Å². The summed E-state index contributed by atoms with van der Waals surface area (Å²) in [7, 11) is 1.57. The molecule has 0 aliphatic heterocycles. The van der Waals surface area contributed by atoms with Gasteiger partial charge < -0.3 is 14.9 Å². The van der Waals surface area contributed by atoms with Crippen LogP contribution < -0.4 is 10.1 Å². The maximum atomic E-state index is 12.8. The quantitative estimate of drug-likeness (QED) is 0.631. The average Bonchev–Trinajstić information content (AvgIpc) is 2.58. The summed E-state index contributed by atoms with van der Waals surface area (Å²) in [5.41, 5.74) is 1.55. The zero-order valence-corrected chi connectivity index (χ0v) is 12.7. The molecule has 5 nitrogen and oxygen atoms in total. The molecule has 0 aromatic heterocycles. The van der Waals surface area contributed by atoms with Crippen molar-refractivity contribution in [3.63, 3.8) is 0 Å². The van der Waals surface area contributed by atoms with Gasteiger partial charge in [0.15, 0.2) is 6.61 Å². The molecule has 0 fully saturated rings. The lowest BCUT2D eigenvalue weighted by molar-refractivity contribution is -0.125. The highest BCUT2D eigenvalue weighted by atomic mass is 19.1. The van der Waals surface area contributed by atoms with E-state index in [1.54, 1.807) is 25.3 Å². The van der Waals surface area contributed by atoms with Crippen molar-refractivity contribution in [2.45, 2.75) is 6.54 Å². The van der Waals surface area contributed by atoms with Crippen molar-refractivity contribution >= 4 is 12.1 Å². The van der Waals surface area contributed by atoms with Crippen LogP contribution in [-0.4, -0.2) is 25.8 Å². The van der Waals surface area contributed by atoms with Gasteiger partial charge in [-0.15, -0.1) is 0 Å². The van der Waals surface area contributed by atoms with Crippen molar-refractivity contribution in [3.05, 3.63) is 65.5 Å². The van der Waals surface area contributed by atoms with Crippen LogP contribution in [0.4, 0.5) is 4.39 Å². The highest BCUT2D eigenvalue weighted by Crippen LogP contribution is 2.14. The van der Waals surface area contributed by atoms with Gasteiger partial charge in [0.25, 0.3) is 5.91 Å². The summed E-state index contributed by atoms with van der Waals surface area (Å²) in [6.45, 7) is 0.103. The number of carbonyl (C=O) groups is 1. The van der Waals surface area contributed by atoms with E-state index < -0.39 is 0 Å². The smallest absolute Gasteiger partial charge is 0.261 e. The van der Waals surface area contributed by atoms with Crippen molar-refractivity contribution in [2.75, 3.05) is 13.7 Å². The Labute approximate surface area is 133 Å². The van der Waals surface area contributed by atoms with E-state index in [0.717, 1.165) is 11.1 Å². The number of ether oxygens (including phenoxy) is 1. The number of amides is 1. The number of nitrogens with one attached hydrogen (secondary N) is 1. The Morgan fingerprint density at radius 2 is 1.96 bits per heavy atom. The van der Waals surface area contributed by atoms with E-state index in [-0.39, 0.29) is 18.3 Å². The lowest BCUT2D eigenvalue weighted by Gasteiger charge is -2.05. The SMILES string of the molecule is COc1ccccc1/C=N\OCC(=O)NCc1ccc(F)cc1. The molecule has 23 heavy (non-hydrogen) atoms. The molecule has 0 spiro atoms. The average molecular weight is 316 g/mol. The number of hydrogen-bond donors (Lipinski definition) is 1. The molecule has 2 aromatic carbocycles. The molecule has 0 unspecified atom stereocenters. The third-order valence-electron chi connectivity index (χ3n) is 3.00. The maximum absolute atomic E-state index is 12.8. The number of benzene rings is 2. The fourth-order valence-corrected chi connectivity index (χ4v) is 1.82. The molecule has 0 saturated carbocycles. The number of methoxy groups -OCH3 is 1. The summed E-state index contributed by atoms with van der Waals surface area (Å²) in [5, 5.41) is 6.40. The molecule has 0 saturated heterocycles. The van der Waals surface area contributed by atoms with Crippen LogP contribution >= 0.6 is 0 Å². The third kappa shape index (κ3) is 5.43. The monoisotopic (exact) mass is 316 g/mol. The number of carbonyl (C=O) groups excluding carboxylic acids is 1. The zero-order chi connectivity index (χ0) is 16.5. The van der Waals surface area contributed by atoms with Gasteiger partial charge in [-0.25, -0.2) is 4.39 Å². The summed E-state index contributed by atoms with van der Waals surface area (Å²) >= 11 is 0. The van der Waals surface area contributed by atoms with Gasteiger partial charge in [0.05, 0.1) is 13.3 Å². The van der Waals surface area contributed by atoms with Crippen LogP contribution in [0.25, 0.3) is 0 Å². The first-order chi connectivity index (χ1) is 11.2. The predicted octanol–water partition coefficient (Wildman–Crippen LogP) is 2.50. The van der Waals surface area contributed by atoms with Crippen LogP contribution in [0.3, 0.4) is 0 Å². The van der Waals surface area contributed by atoms with E-state index in [1.807, 2.05) is 18.2 Å². The van der Waals surface area contributed by atoms with Crippen LogP contribution in [0.15, 0.2) is 53.7 Å². The largest absolute Gasteiger partial charge is 0.496 e. The number of hydrogen-bond acceptors (Lipinski definition) is 4. The molecule has 0 aliphatic carbocycles. The Bertz CT molecular complexity index is 672. The standard InChI is InChI=1S/C17H17FN2O3/c1-22-16-5-3-2-4-14(16)11-20-23-12-17(21)19-10-13-6-8-15(18)9-7-13/h2-9,11H,10,12H2,1H3,(H,19,21)/b20-11-. The second kappa shape index (κ2) is 8.53. The molecule has 2 rings (SSSR count). The molecule has 0 aliphatic rings. The van der Waals surface area contributed by atoms with Gasteiger partial charge >= 0.3 is 0 Å². The summed E-state index contributed by atoms with van der Waals surface area (Å²) in [4.78, 5) is 16.6. The minimum absolute atomic E-state index is 0.202. The van der Waals surface area contributed by atoms with Gasteiger partial charge in [0.1, 0.15) is 11.6 Å². The number of nitrogens with zero attached hydrogens (tertiary/aromatic N) is 1. The van der Waals surface area contributed by atoms with Crippen molar-refractivity contribution in [1.29, 1.82) is 0 Å². The molecule has 120 valence electrons. The number of halogens is 1. The van der Waals surface area contributed by atoms with Crippen LogP contribution in [0.5, 0.6) is 5.75 Å². The van der Waals surface area contributed by atoms with Gasteiger partial charge in [-0.05, 0) is 29.8 Å². The van der Waals surface area contributed by atoms with Crippen molar-refractivity contribution in [2.24, 2.45) is 5.16 Å². The number of oxime groups is 1. The summed E-state index contributed by atoms with van der Waals surface area (Å²) in [6, 6.07) is 13.2. The summed E-state index contributed by atoms with van der Waals surface area (Å²) in [5.74, 6) is 0.0428. The van der Waals surface area contributed by atoms with E-state index in [9.17, 15) is 9.18 Å². The van der Waals surface area contributed by atoms with Gasteiger partial charge in [0.2, 0.25) is 0 Å². The van der Waals surface area contributed by atoms with E-state index in [0.29, 0.717) is 12.3 Å². The van der Waals surface area contributed by atoms with Gasteiger partial charge in [0, 0.05) is 12.1 Å². The lowest BCUT2D eigenvalue weighted by atomic mass is 10.2. The fourth-order valence-electron chi connectivity index (χ4n) is 1.82. The van der Waals surface area contributed by atoms with Crippen LogP contribution in [-0.2, 0) is 16.2 Å². The maximum Gasteiger partial charge on any atom is 0.261 e. The topological polar surface area (TPSA) is 59.9 Å². The Hall–Kier alpha value is -2.89. The first-order valence-corrected chi connectivity index (χ1v) is 6.98. The van der Waals surface area contributed by atoms with E-state index >= 15 is 0 Å². The Kier molecular flexibility index (Phi) is 6.11. The van der Waals surface area contributed by atoms with Gasteiger partial charge in [-0.3, -0.25) is 4.79 Å². The fraction of sp³-hybridized carbons (Fsp3) is 0.176. The van der Waals surface area contributed by atoms with E-state index in [4.69, 9.17) is 9.57 Å². The minimum atomic E-state index is -0.313. The van der Waals surface area contributed by atoms with Crippen molar-refractivity contribution in [1.82, 2.24) is 5.32 Å². The molecule has 1 N–H and O–H groups in total. The third-order valence-corrected chi connectivity index (χ3v) is 3.00. The Morgan fingerprint density at radius 1 is 1.22 bits per heavy atom. The molecule has 2 aromatic rings. The summed E-state index contributed by atoms with van der Waals surface area (Å²) in [6.07, 6.45) is 1.48. The first-order valence-electron chi connectivity index (χ1n) is 6.98. The van der Waals surface area contributed by atoms with Crippen molar-refractivity contribution < 1.29 is 18.8 Å². The first kappa shape index (κ1) is 16.5. The Balaban J connectivity index is 1.74. The van der Waals surface area contributed by atoms with Gasteiger partial charge in [-0.2, -0.15) is 0 Å². The molecule has 1 amide bonds. The van der Waals surface area contributed by atoms with Crippen LogP contribution in [0.1, 0.15) is 11.1 Å². The zero-order valence-electron chi connectivity index (χ0n) is 12.7. The molecule has 6 heteroatoms. The van der Waals surface area contributed by atoms with Gasteiger partial charge in [-0.1, -0.05) is 29.4 Å². The number of para-hydroxylation sites is 1. The number of rotatable bonds is 7. The van der Waals surface area contributed by atoms with E-state index in [2.05, 4.69) is 10.5 Å². The Morgan fingerprint density at radius 3 is 2.70 bits per heavy atom. The normalized spacial score (nSPS) is 10.5. The second-order valence-corrected chi connectivity index (χ2v) is 4.65. The van der Waals surface area contributed by atoms with Crippen molar-refractivity contribution in [3.8, 4) is 5.75 Å². The lowest BCUT2D eigenvalue weighted by Crippen LogP contribution is -2.26. The molecule has 0 atom stereocenters. The molecule has 0 bridgehead atoms. The van der Waals surface area contributed by atoms with Crippen LogP contribution in [0, 0.1) is 5.82 Å². The molecular formula is C17H17FN2O3. The van der Waals surface area contributed by atoms with E-state index in [1.165, 1.54) is 18.3 Å². The predicted molar refractivity (Wildman–Crippen MR) is 84.8 cm³/mol. The highest BCUT2D eigenvalue weighted by molar-refractivity contribution is 5.83. The molecular weight excluding hydrogens is 299 g/mol. The minimum Gasteiger partial charge on any atom is -0.496 e. The molecule has 0 heterocycles. The highest BCUT2D eigenvalue weighted by Gasteiger charge is 2.02. The summed E-state index contributed by atoms with van der Waals surface area (Å²) < 4.78 is 17.9.